The number of ether oxygens (including phenoxy) is 1. The molecule has 6 heteroatoms. The van der Waals surface area contributed by atoms with Crippen molar-refractivity contribution < 1.29 is 9.84 Å². The van der Waals surface area contributed by atoms with E-state index in [1.54, 1.807) is 12.1 Å². The molecule has 2 aliphatic rings. The molecule has 0 spiro atoms. The van der Waals surface area contributed by atoms with Crippen LogP contribution in [0, 0.1) is 17.2 Å². The molecular weight excluding hydrogens is 338 g/mol. The van der Waals surface area contributed by atoms with Crippen molar-refractivity contribution in [2.45, 2.75) is 50.7 Å². The average Bonchev–Trinajstić information content (AvgIpc) is 2.64. The Balaban J connectivity index is 1.41. The predicted molar refractivity (Wildman–Crippen MR) is 97.4 cm³/mol. The zero-order valence-electron chi connectivity index (χ0n) is 14.5. The van der Waals surface area contributed by atoms with Gasteiger partial charge in [-0.3, -0.25) is 5.43 Å². The molecule has 0 radical (unpaired) electrons. The number of halogens is 1. The standard InChI is InChI=1S/C19H26ClN3O2/c20-19-11-18(4-1-15(19)12-21)25-17-5-2-16(3-6-17)22-23-9-7-14(13-24)8-10-23/h1,4,11,14,16-17,22,24H,2-3,5-10,13H2. The SMILES string of the molecule is N#Cc1ccc(OC2CCC(NN3CCC(CO)CC3)CC2)cc1Cl. The molecule has 0 aromatic heterocycles. The van der Waals surface area contributed by atoms with Gasteiger partial charge in [0.25, 0.3) is 0 Å². The van der Waals surface area contributed by atoms with E-state index in [0.29, 0.717) is 29.2 Å². The molecule has 25 heavy (non-hydrogen) atoms. The van der Waals surface area contributed by atoms with Gasteiger partial charge < -0.3 is 9.84 Å². The van der Waals surface area contributed by atoms with Crippen LogP contribution in [0.25, 0.3) is 0 Å². The van der Waals surface area contributed by atoms with Crippen LogP contribution in [0.2, 0.25) is 5.02 Å². The smallest absolute Gasteiger partial charge is 0.121 e. The number of nitrogens with one attached hydrogen (secondary N) is 1. The highest BCUT2D eigenvalue weighted by molar-refractivity contribution is 6.31. The molecule has 5 nitrogen and oxygen atoms in total. The van der Waals surface area contributed by atoms with Gasteiger partial charge in [-0.25, -0.2) is 5.01 Å². The van der Waals surface area contributed by atoms with Crippen molar-refractivity contribution in [1.82, 2.24) is 10.4 Å². The summed E-state index contributed by atoms with van der Waals surface area (Å²) in [6, 6.07) is 7.83. The van der Waals surface area contributed by atoms with Crippen LogP contribution in [0.4, 0.5) is 0 Å². The Labute approximate surface area is 154 Å². The number of aliphatic hydroxyl groups excluding tert-OH is 1. The van der Waals surface area contributed by atoms with Crippen molar-refractivity contribution >= 4 is 11.6 Å². The molecule has 0 unspecified atom stereocenters. The summed E-state index contributed by atoms with van der Waals surface area (Å²) in [7, 11) is 0. The van der Waals surface area contributed by atoms with Crippen molar-refractivity contribution in [3.05, 3.63) is 28.8 Å². The lowest BCUT2D eigenvalue weighted by molar-refractivity contribution is 0.0579. The minimum absolute atomic E-state index is 0.210. The highest BCUT2D eigenvalue weighted by atomic mass is 35.5. The summed E-state index contributed by atoms with van der Waals surface area (Å²) < 4.78 is 6.04. The fourth-order valence-electron chi connectivity index (χ4n) is 3.66. The monoisotopic (exact) mass is 363 g/mol. The molecule has 1 aromatic rings. The van der Waals surface area contributed by atoms with E-state index in [-0.39, 0.29) is 6.10 Å². The normalized spacial score (nSPS) is 25.5. The average molecular weight is 364 g/mol. The first-order valence-corrected chi connectivity index (χ1v) is 9.54. The van der Waals surface area contributed by atoms with E-state index in [4.69, 9.17) is 21.6 Å². The van der Waals surface area contributed by atoms with Gasteiger partial charge in [0.2, 0.25) is 0 Å². The molecule has 2 N–H and O–H groups in total. The van der Waals surface area contributed by atoms with E-state index in [1.807, 2.05) is 6.07 Å². The van der Waals surface area contributed by atoms with Crippen LogP contribution in [0.5, 0.6) is 5.75 Å². The molecule has 1 heterocycles. The third-order valence-electron chi connectivity index (χ3n) is 5.28. The number of benzene rings is 1. The maximum absolute atomic E-state index is 9.22. The van der Waals surface area contributed by atoms with E-state index >= 15 is 0 Å². The fourth-order valence-corrected chi connectivity index (χ4v) is 3.88. The van der Waals surface area contributed by atoms with Gasteiger partial charge in [0, 0.05) is 31.8 Å². The lowest BCUT2D eigenvalue weighted by Crippen LogP contribution is -2.50. The molecule has 1 saturated carbocycles. The second-order valence-corrected chi connectivity index (χ2v) is 7.49. The number of hydrazine groups is 1. The quantitative estimate of drug-likeness (QED) is 0.841. The first-order valence-electron chi connectivity index (χ1n) is 9.16. The summed E-state index contributed by atoms with van der Waals surface area (Å²) in [5.41, 5.74) is 4.13. The summed E-state index contributed by atoms with van der Waals surface area (Å²) >= 11 is 6.07. The van der Waals surface area contributed by atoms with Crippen LogP contribution in [0.1, 0.15) is 44.1 Å². The molecule has 1 aromatic carbocycles. The highest BCUT2D eigenvalue weighted by Crippen LogP contribution is 2.27. The molecule has 0 amide bonds. The molecule has 1 aliphatic heterocycles. The first-order chi connectivity index (χ1) is 12.2. The maximum atomic E-state index is 9.22. The van der Waals surface area contributed by atoms with E-state index in [9.17, 15) is 5.11 Å². The van der Waals surface area contributed by atoms with Crippen LogP contribution in [0.3, 0.4) is 0 Å². The van der Waals surface area contributed by atoms with Crippen molar-refractivity contribution in [3.63, 3.8) is 0 Å². The summed E-state index contributed by atoms with van der Waals surface area (Å²) in [5.74, 6) is 1.22. The van der Waals surface area contributed by atoms with E-state index < -0.39 is 0 Å². The van der Waals surface area contributed by atoms with Crippen LogP contribution >= 0.6 is 11.6 Å². The topological polar surface area (TPSA) is 68.5 Å². The Morgan fingerprint density at radius 2 is 1.92 bits per heavy atom. The summed E-state index contributed by atoms with van der Waals surface area (Å²) in [6.45, 7) is 2.35. The number of aliphatic hydroxyl groups is 1. The number of nitrogens with zero attached hydrogens (tertiary/aromatic N) is 2. The summed E-state index contributed by atoms with van der Waals surface area (Å²) in [5, 5.41) is 20.9. The lowest BCUT2D eigenvalue weighted by atomic mass is 9.93. The molecule has 0 bridgehead atoms. The first kappa shape index (κ1) is 18.5. The van der Waals surface area contributed by atoms with Crippen LogP contribution < -0.4 is 10.2 Å². The van der Waals surface area contributed by atoms with Gasteiger partial charge in [0.05, 0.1) is 16.7 Å². The number of hydrogen-bond acceptors (Lipinski definition) is 5. The van der Waals surface area contributed by atoms with E-state index in [0.717, 1.165) is 57.4 Å². The largest absolute Gasteiger partial charge is 0.490 e. The third kappa shape index (κ3) is 5.08. The fraction of sp³-hybridized carbons (Fsp3) is 0.632. The summed E-state index contributed by atoms with van der Waals surface area (Å²) in [6.07, 6.45) is 6.57. The number of rotatable bonds is 5. The second kappa shape index (κ2) is 8.86. The predicted octanol–water partition coefficient (Wildman–Crippen LogP) is 3.11. The second-order valence-electron chi connectivity index (χ2n) is 7.09. The number of nitriles is 1. The Bertz CT molecular complexity index is 603. The van der Waals surface area contributed by atoms with Gasteiger partial charge in [-0.2, -0.15) is 5.26 Å². The molecular formula is C19H26ClN3O2. The van der Waals surface area contributed by atoms with Crippen molar-refractivity contribution in [2.24, 2.45) is 5.92 Å². The van der Waals surface area contributed by atoms with Gasteiger partial charge in [0.1, 0.15) is 11.8 Å². The minimum atomic E-state index is 0.210. The highest BCUT2D eigenvalue weighted by Gasteiger charge is 2.25. The maximum Gasteiger partial charge on any atom is 0.121 e. The van der Waals surface area contributed by atoms with Crippen molar-refractivity contribution in [2.75, 3.05) is 19.7 Å². The Hall–Kier alpha value is -1.32. The molecule has 136 valence electrons. The summed E-state index contributed by atoms with van der Waals surface area (Å²) in [4.78, 5) is 0. The van der Waals surface area contributed by atoms with Gasteiger partial charge >= 0.3 is 0 Å². The molecule has 3 rings (SSSR count). The third-order valence-corrected chi connectivity index (χ3v) is 5.59. The van der Waals surface area contributed by atoms with Gasteiger partial charge in [-0.05, 0) is 56.6 Å². The van der Waals surface area contributed by atoms with Crippen molar-refractivity contribution in [1.29, 1.82) is 5.26 Å². The Morgan fingerprint density at radius 3 is 2.52 bits per heavy atom. The van der Waals surface area contributed by atoms with Crippen LogP contribution in [-0.2, 0) is 0 Å². The van der Waals surface area contributed by atoms with Gasteiger partial charge in [0.15, 0.2) is 0 Å². The molecule has 0 atom stereocenters. The zero-order chi connectivity index (χ0) is 17.6. The molecule has 2 fully saturated rings. The lowest BCUT2D eigenvalue weighted by Gasteiger charge is -2.37. The number of hydrogen-bond donors (Lipinski definition) is 2. The van der Waals surface area contributed by atoms with E-state index in [1.165, 1.54) is 0 Å². The van der Waals surface area contributed by atoms with E-state index in [2.05, 4.69) is 16.5 Å². The van der Waals surface area contributed by atoms with Crippen LogP contribution in [-0.4, -0.2) is 42.0 Å². The van der Waals surface area contributed by atoms with Gasteiger partial charge in [-0.15, -0.1) is 0 Å². The van der Waals surface area contributed by atoms with Crippen LogP contribution in [0.15, 0.2) is 18.2 Å². The van der Waals surface area contributed by atoms with Crippen molar-refractivity contribution in [3.8, 4) is 11.8 Å². The van der Waals surface area contributed by atoms with Gasteiger partial charge in [-0.1, -0.05) is 11.6 Å². The Morgan fingerprint density at radius 1 is 1.20 bits per heavy atom. The molecule has 1 aliphatic carbocycles. The number of piperidine rings is 1. The molecule has 1 saturated heterocycles. The Kier molecular flexibility index (Phi) is 6.55. The zero-order valence-corrected chi connectivity index (χ0v) is 15.2. The minimum Gasteiger partial charge on any atom is -0.490 e.